The SMILES string of the molecule is COc1c(C(=O)Nc2ccc(C=N)c3ccccc23)csc1Br.NC(=O)c1ccc(O)c(Cl)c1. The first-order chi connectivity index (χ1) is 16.3. The van der Waals surface area contributed by atoms with Gasteiger partial charge in [-0.2, -0.15) is 0 Å². The molecule has 10 heteroatoms. The number of rotatable bonds is 5. The van der Waals surface area contributed by atoms with Crippen molar-refractivity contribution in [1.82, 2.24) is 0 Å². The van der Waals surface area contributed by atoms with Crippen LogP contribution in [0, 0.1) is 5.41 Å². The number of phenols is 1. The second kappa shape index (κ2) is 11.1. The molecule has 0 bridgehead atoms. The smallest absolute Gasteiger partial charge is 0.260 e. The van der Waals surface area contributed by atoms with Crippen molar-refractivity contribution in [3.63, 3.8) is 0 Å². The molecule has 0 saturated heterocycles. The summed E-state index contributed by atoms with van der Waals surface area (Å²) in [6.45, 7) is 0. The number of ether oxygens (including phenoxy) is 1. The molecule has 34 heavy (non-hydrogen) atoms. The number of hydrogen-bond acceptors (Lipinski definition) is 6. The van der Waals surface area contributed by atoms with Gasteiger partial charge in [0.05, 0.1) is 17.7 Å². The van der Waals surface area contributed by atoms with Crippen molar-refractivity contribution in [1.29, 1.82) is 5.41 Å². The Morgan fingerprint density at radius 2 is 1.88 bits per heavy atom. The zero-order chi connectivity index (χ0) is 24.8. The standard InChI is InChI=1S/C17H13BrN2O2S.C7H6ClNO2/c1-22-15-13(9-23-16(15)18)17(21)20-14-7-6-10(8-19)11-4-2-3-5-12(11)14;8-5-3-4(7(9)11)1-2-6(5)10/h2-9,19H,1H3,(H,20,21);1-3,10H,(H2,9,11). The molecule has 4 aromatic rings. The number of thiophene rings is 1. The van der Waals surface area contributed by atoms with E-state index >= 15 is 0 Å². The van der Waals surface area contributed by atoms with E-state index in [1.807, 2.05) is 36.4 Å². The van der Waals surface area contributed by atoms with Crippen LogP contribution >= 0.6 is 38.9 Å². The topological polar surface area (TPSA) is 126 Å². The average Bonchev–Trinajstić information content (AvgIpc) is 3.21. The third-order valence-electron chi connectivity index (χ3n) is 4.75. The van der Waals surface area contributed by atoms with Crippen LogP contribution in [0.15, 0.2) is 63.8 Å². The highest BCUT2D eigenvalue weighted by molar-refractivity contribution is 9.11. The Hall–Kier alpha value is -3.40. The summed E-state index contributed by atoms with van der Waals surface area (Å²) in [6.07, 6.45) is 1.31. The molecule has 0 saturated carbocycles. The van der Waals surface area contributed by atoms with Crippen LogP contribution in [0.1, 0.15) is 26.3 Å². The Kier molecular flexibility index (Phi) is 8.27. The number of nitrogens with one attached hydrogen (secondary N) is 2. The molecule has 0 spiro atoms. The van der Waals surface area contributed by atoms with Crippen molar-refractivity contribution in [3.05, 3.63) is 85.5 Å². The fourth-order valence-corrected chi connectivity index (χ4v) is 4.65. The third kappa shape index (κ3) is 5.56. The molecule has 0 aliphatic heterocycles. The van der Waals surface area contributed by atoms with Gasteiger partial charge in [-0.25, -0.2) is 0 Å². The summed E-state index contributed by atoms with van der Waals surface area (Å²) in [6, 6.07) is 15.4. The number of nitrogens with two attached hydrogens (primary N) is 1. The minimum atomic E-state index is -0.563. The second-order valence-corrected chi connectivity index (χ2v) is 9.44. The Labute approximate surface area is 212 Å². The number of aromatic hydroxyl groups is 1. The van der Waals surface area contributed by atoms with Crippen molar-refractivity contribution >= 4 is 73.4 Å². The van der Waals surface area contributed by atoms with Crippen molar-refractivity contribution < 1.29 is 19.4 Å². The van der Waals surface area contributed by atoms with Gasteiger partial charge in [-0.15, -0.1) is 11.3 Å². The van der Waals surface area contributed by atoms with Gasteiger partial charge in [0.25, 0.3) is 5.91 Å². The lowest BCUT2D eigenvalue weighted by molar-refractivity contribution is 0.0997. The number of hydrogen-bond donors (Lipinski definition) is 4. The maximum Gasteiger partial charge on any atom is 0.260 e. The predicted octanol–water partition coefficient (Wildman–Crippen LogP) is 6.07. The van der Waals surface area contributed by atoms with Crippen LogP contribution in [-0.4, -0.2) is 30.2 Å². The molecule has 0 aliphatic rings. The highest BCUT2D eigenvalue weighted by atomic mass is 79.9. The highest BCUT2D eigenvalue weighted by Gasteiger charge is 2.18. The summed E-state index contributed by atoms with van der Waals surface area (Å²) in [5, 5.41) is 23.1. The number of fused-ring (bicyclic) bond motifs is 1. The Morgan fingerprint density at radius 3 is 2.50 bits per heavy atom. The summed E-state index contributed by atoms with van der Waals surface area (Å²) < 4.78 is 6.06. The molecule has 7 nitrogen and oxygen atoms in total. The molecular formula is C24H19BrClN3O4S. The van der Waals surface area contributed by atoms with Gasteiger partial charge in [-0.05, 0) is 51.1 Å². The number of benzene rings is 3. The number of primary amides is 1. The number of anilines is 1. The number of amides is 2. The molecular weight excluding hydrogens is 542 g/mol. The molecule has 0 fully saturated rings. The van der Waals surface area contributed by atoms with Gasteiger partial charge in [-0.1, -0.05) is 41.9 Å². The van der Waals surface area contributed by atoms with Crippen LogP contribution in [0.3, 0.4) is 0 Å². The van der Waals surface area contributed by atoms with E-state index in [1.54, 1.807) is 5.38 Å². The largest absolute Gasteiger partial charge is 0.506 e. The lowest BCUT2D eigenvalue weighted by Gasteiger charge is -2.11. The minimum absolute atomic E-state index is 0.0586. The fourth-order valence-electron chi connectivity index (χ4n) is 3.08. The third-order valence-corrected chi connectivity index (χ3v) is 6.72. The lowest BCUT2D eigenvalue weighted by atomic mass is 10.0. The van der Waals surface area contributed by atoms with Gasteiger partial charge in [0, 0.05) is 28.2 Å². The monoisotopic (exact) mass is 559 g/mol. The summed E-state index contributed by atoms with van der Waals surface area (Å²) >= 11 is 10.3. The Bertz CT molecular complexity index is 1390. The normalized spacial score (nSPS) is 10.2. The van der Waals surface area contributed by atoms with Gasteiger partial charge < -0.3 is 26.3 Å². The maximum absolute atomic E-state index is 12.6. The first-order valence-corrected chi connectivity index (χ1v) is 11.7. The van der Waals surface area contributed by atoms with Crippen molar-refractivity contribution in [3.8, 4) is 11.5 Å². The number of halogens is 2. The molecule has 2 amide bonds. The number of carbonyl (C=O) groups excluding carboxylic acids is 2. The van der Waals surface area contributed by atoms with Gasteiger partial charge in [-0.3, -0.25) is 9.59 Å². The van der Waals surface area contributed by atoms with Crippen LogP contribution < -0.4 is 15.8 Å². The summed E-state index contributed by atoms with van der Waals surface area (Å²) in [5.74, 6) is -0.312. The van der Waals surface area contributed by atoms with E-state index in [2.05, 4.69) is 21.2 Å². The predicted molar refractivity (Wildman–Crippen MR) is 140 cm³/mol. The van der Waals surface area contributed by atoms with Crippen LogP contribution in [0.4, 0.5) is 5.69 Å². The van der Waals surface area contributed by atoms with Crippen LogP contribution in [0.5, 0.6) is 11.5 Å². The zero-order valence-electron chi connectivity index (χ0n) is 17.8. The van der Waals surface area contributed by atoms with Crippen LogP contribution in [-0.2, 0) is 0 Å². The fraction of sp³-hybridized carbons (Fsp3) is 0.0417. The molecule has 174 valence electrons. The Balaban J connectivity index is 0.000000248. The molecule has 1 aromatic heterocycles. The highest BCUT2D eigenvalue weighted by Crippen LogP contribution is 2.36. The minimum Gasteiger partial charge on any atom is -0.506 e. The molecule has 0 radical (unpaired) electrons. The number of carbonyl (C=O) groups is 2. The van der Waals surface area contributed by atoms with Gasteiger partial charge in [0.15, 0.2) is 5.75 Å². The van der Waals surface area contributed by atoms with E-state index in [-0.39, 0.29) is 22.2 Å². The molecule has 5 N–H and O–H groups in total. The summed E-state index contributed by atoms with van der Waals surface area (Å²) in [7, 11) is 1.54. The van der Waals surface area contributed by atoms with Gasteiger partial charge >= 0.3 is 0 Å². The van der Waals surface area contributed by atoms with E-state index < -0.39 is 5.91 Å². The number of methoxy groups -OCH3 is 1. The van der Waals surface area contributed by atoms with Crippen LogP contribution in [0.25, 0.3) is 10.8 Å². The van der Waals surface area contributed by atoms with Crippen LogP contribution in [0.2, 0.25) is 5.02 Å². The number of phenolic OH excluding ortho intramolecular Hbond substituents is 1. The molecule has 1 heterocycles. The van der Waals surface area contributed by atoms with Gasteiger partial charge in [0.2, 0.25) is 5.91 Å². The average molecular weight is 561 g/mol. The second-order valence-electron chi connectivity index (χ2n) is 6.83. The molecule has 0 unspecified atom stereocenters. The molecule has 3 aromatic carbocycles. The molecule has 4 rings (SSSR count). The quantitative estimate of drug-likeness (QED) is 0.221. The Morgan fingerprint density at radius 1 is 1.18 bits per heavy atom. The van der Waals surface area contributed by atoms with E-state index in [1.165, 1.54) is 42.9 Å². The summed E-state index contributed by atoms with van der Waals surface area (Å²) in [4.78, 5) is 23.1. The first kappa shape index (κ1) is 25.2. The van der Waals surface area contributed by atoms with Crippen molar-refractivity contribution in [2.45, 2.75) is 0 Å². The van der Waals surface area contributed by atoms with Gasteiger partial charge in [0.1, 0.15) is 9.54 Å². The first-order valence-electron chi connectivity index (χ1n) is 9.69. The summed E-state index contributed by atoms with van der Waals surface area (Å²) in [5.41, 5.74) is 7.25. The van der Waals surface area contributed by atoms with Crippen molar-refractivity contribution in [2.24, 2.45) is 5.73 Å². The molecule has 0 aliphatic carbocycles. The van der Waals surface area contributed by atoms with E-state index in [9.17, 15) is 9.59 Å². The molecule has 0 atom stereocenters. The maximum atomic E-state index is 12.6. The van der Waals surface area contributed by atoms with E-state index in [0.717, 1.165) is 20.1 Å². The zero-order valence-corrected chi connectivity index (χ0v) is 20.9. The van der Waals surface area contributed by atoms with E-state index in [4.69, 9.17) is 32.6 Å². The van der Waals surface area contributed by atoms with E-state index in [0.29, 0.717) is 17.0 Å². The lowest BCUT2D eigenvalue weighted by Crippen LogP contribution is -2.12. The van der Waals surface area contributed by atoms with Crippen molar-refractivity contribution in [2.75, 3.05) is 12.4 Å².